The molecule has 3 nitrogen and oxygen atoms in total. The zero-order valence-corrected chi connectivity index (χ0v) is 17.1. The average molecular weight is 404 g/mol. The van der Waals surface area contributed by atoms with E-state index >= 15 is 0 Å². The fourth-order valence-electron chi connectivity index (χ4n) is 4.27. The number of rotatable bonds is 8. The molecule has 1 aliphatic heterocycles. The van der Waals surface area contributed by atoms with Crippen molar-refractivity contribution >= 4 is 0 Å². The Labute approximate surface area is 180 Å². The van der Waals surface area contributed by atoms with Gasteiger partial charge in [-0.05, 0) is 41.4 Å². The molecule has 3 aromatic carbocycles. The Morgan fingerprint density at radius 3 is 1.83 bits per heavy atom. The second kappa shape index (κ2) is 10.5. The molecule has 1 saturated heterocycles. The lowest BCUT2D eigenvalue weighted by Crippen LogP contribution is -2.49. The maximum absolute atomic E-state index is 10.9. The second-order valence-electron chi connectivity index (χ2n) is 8.01. The molecule has 156 valence electrons. The van der Waals surface area contributed by atoms with Gasteiger partial charge >= 0.3 is 0 Å². The molecular weight excluding hydrogens is 372 g/mol. The molecule has 0 saturated carbocycles. The van der Waals surface area contributed by atoms with Crippen molar-refractivity contribution in [1.29, 1.82) is 0 Å². The van der Waals surface area contributed by atoms with Crippen LogP contribution in [0.4, 0.5) is 0 Å². The third kappa shape index (κ3) is 5.57. The van der Waals surface area contributed by atoms with Crippen LogP contribution in [0.3, 0.4) is 0 Å². The summed E-state index contributed by atoms with van der Waals surface area (Å²) in [4.78, 5) is 0. The van der Waals surface area contributed by atoms with Gasteiger partial charge in [0.15, 0.2) is 0 Å². The van der Waals surface area contributed by atoms with Gasteiger partial charge in [0, 0.05) is 0 Å². The highest BCUT2D eigenvalue weighted by atomic mass is 16.5. The maximum Gasteiger partial charge on any atom is 0.0844 e. The summed E-state index contributed by atoms with van der Waals surface area (Å²) in [6.45, 7) is -0.0568. The Morgan fingerprint density at radius 1 is 0.767 bits per heavy atom. The first kappa shape index (κ1) is 19.5. The predicted octanol–water partition coefficient (Wildman–Crippen LogP) is 4.68. The van der Waals surface area contributed by atoms with E-state index in [1.54, 1.807) is 0 Å². The quantitative estimate of drug-likeness (QED) is 0.593. The Morgan fingerprint density at radius 2 is 1.27 bits per heavy atom. The molecule has 0 unspecified atom stereocenters. The molecule has 0 bridgehead atoms. The minimum Gasteiger partial charge on any atom is -0.390 e. The van der Waals surface area contributed by atoms with E-state index in [-0.39, 0.29) is 17.9 Å². The summed E-state index contributed by atoms with van der Waals surface area (Å²) < 4.78 is 20.3. The molecular formula is C27H30O3. The first-order chi connectivity index (χ1) is 15.2. The first-order valence-corrected chi connectivity index (χ1v) is 10.7. The zero-order chi connectivity index (χ0) is 21.5. The van der Waals surface area contributed by atoms with E-state index in [4.69, 9.17) is 10.8 Å². The molecule has 0 aliphatic carbocycles. The molecule has 4 rings (SSSR count). The Balaban J connectivity index is 1.53. The number of hydrogen-bond donors (Lipinski definition) is 1. The molecule has 1 aliphatic rings. The van der Waals surface area contributed by atoms with Crippen LogP contribution in [0.5, 0.6) is 0 Å². The Kier molecular flexibility index (Phi) is 6.85. The molecule has 3 aromatic rings. The largest absolute Gasteiger partial charge is 0.390 e. The van der Waals surface area contributed by atoms with Gasteiger partial charge in [-0.3, -0.25) is 0 Å². The molecule has 3 heteroatoms. The third-order valence-electron chi connectivity index (χ3n) is 5.88. The van der Waals surface area contributed by atoms with Crippen molar-refractivity contribution in [1.82, 2.24) is 0 Å². The molecule has 5 atom stereocenters. The van der Waals surface area contributed by atoms with Gasteiger partial charge in [0.2, 0.25) is 0 Å². The third-order valence-corrected chi connectivity index (χ3v) is 5.88. The van der Waals surface area contributed by atoms with Crippen molar-refractivity contribution in [2.75, 3.05) is 13.2 Å². The number of ether oxygens (including phenoxy) is 2. The highest BCUT2D eigenvalue weighted by Crippen LogP contribution is 2.33. The zero-order valence-electron chi connectivity index (χ0n) is 18.1. The van der Waals surface area contributed by atoms with Gasteiger partial charge in [-0.2, -0.15) is 0 Å². The number of aliphatic hydroxyl groups excluding tert-OH is 1. The van der Waals surface area contributed by atoms with E-state index in [1.165, 1.54) is 11.1 Å². The van der Waals surface area contributed by atoms with Gasteiger partial charge in [0.1, 0.15) is 0 Å². The lowest BCUT2D eigenvalue weighted by Gasteiger charge is -2.41. The average Bonchev–Trinajstić information content (AvgIpc) is 2.81. The first-order valence-electron chi connectivity index (χ1n) is 11.2. The molecule has 0 aromatic heterocycles. The minimum atomic E-state index is -0.967. The fraction of sp³-hybridized carbons (Fsp3) is 0.333. The monoisotopic (exact) mass is 403 g/mol. The SMILES string of the molecule is [2H][C@@H]1O[C@H](COCc2ccccc2)[C@H](Cc2ccccc2)[C@H](Cc2ccccc2)[C@H]1O. The van der Waals surface area contributed by atoms with E-state index in [9.17, 15) is 5.11 Å². The summed E-state index contributed by atoms with van der Waals surface area (Å²) in [5.41, 5.74) is 3.49. The Bertz CT molecular complexity index is 904. The highest BCUT2D eigenvalue weighted by molar-refractivity contribution is 5.19. The Hall–Kier alpha value is -2.46. The van der Waals surface area contributed by atoms with Gasteiger partial charge in [-0.15, -0.1) is 0 Å². The summed E-state index contributed by atoms with van der Waals surface area (Å²) in [6, 6.07) is 30.6. The topological polar surface area (TPSA) is 38.7 Å². The van der Waals surface area contributed by atoms with E-state index in [1.807, 2.05) is 66.7 Å². The predicted molar refractivity (Wildman–Crippen MR) is 119 cm³/mol. The van der Waals surface area contributed by atoms with Crippen molar-refractivity contribution in [3.63, 3.8) is 0 Å². The molecule has 30 heavy (non-hydrogen) atoms. The van der Waals surface area contributed by atoms with Gasteiger partial charge in [0.05, 0.1) is 33.4 Å². The molecule has 1 N–H and O–H groups in total. The maximum atomic E-state index is 10.9. The summed E-state index contributed by atoms with van der Waals surface area (Å²) in [7, 11) is 0. The van der Waals surface area contributed by atoms with Gasteiger partial charge < -0.3 is 14.6 Å². The molecule has 1 heterocycles. The van der Waals surface area contributed by atoms with Crippen molar-refractivity contribution in [3.8, 4) is 0 Å². The fourth-order valence-corrected chi connectivity index (χ4v) is 4.27. The smallest absolute Gasteiger partial charge is 0.0844 e. The summed E-state index contributed by atoms with van der Waals surface area (Å²) in [5.74, 6) is -0.0286. The molecule has 0 radical (unpaired) electrons. The molecule has 0 spiro atoms. The second-order valence-corrected chi connectivity index (χ2v) is 8.01. The van der Waals surface area contributed by atoms with Crippen LogP contribution in [0.15, 0.2) is 91.0 Å². The van der Waals surface area contributed by atoms with Crippen LogP contribution >= 0.6 is 0 Å². The van der Waals surface area contributed by atoms with E-state index in [2.05, 4.69) is 24.3 Å². The van der Waals surface area contributed by atoms with Crippen LogP contribution in [0.25, 0.3) is 0 Å². The van der Waals surface area contributed by atoms with Gasteiger partial charge in [-0.1, -0.05) is 91.0 Å². The molecule has 1 fully saturated rings. The normalized spacial score (nSPS) is 26.8. The number of hydrogen-bond acceptors (Lipinski definition) is 3. The van der Waals surface area contributed by atoms with Gasteiger partial charge in [0.25, 0.3) is 0 Å². The van der Waals surface area contributed by atoms with Crippen LogP contribution < -0.4 is 0 Å². The summed E-state index contributed by atoms with van der Waals surface area (Å²) in [6.07, 6.45) is 0.414. The van der Waals surface area contributed by atoms with Crippen molar-refractivity contribution in [3.05, 3.63) is 108 Å². The lowest BCUT2D eigenvalue weighted by molar-refractivity contribution is -0.148. The van der Waals surface area contributed by atoms with Crippen LogP contribution in [0.1, 0.15) is 18.1 Å². The van der Waals surface area contributed by atoms with E-state index < -0.39 is 12.7 Å². The van der Waals surface area contributed by atoms with Gasteiger partial charge in [-0.25, -0.2) is 0 Å². The lowest BCUT2D eigenvalue weighted by atomic mass is 9.75. The summed E-state index contributed by atoms with van der Waals surface area (Å²) in [5, 5.41) is 10.9. The van der Waals surface area contributed by atoms with Crippen LogP contribution in [0.2, 0.25) is 0 Å². The standard InChI is InChI=1S/C27H30O3/c28-26-19-30-27(20-29-18-23-14-8-3-9-15-23)25(17-22-12-6-2-7-13-22)24(26)16-21-10-4-1-5-11-21/h1-15,24-28H,16-20H2/t24-,25+,26-,27+/m0/s1/i19D/t19-,24-,25+,26-,27+. The minimum absolute atomic E-state index is 0.0509. The van der Waals surface area contributed by atoms with Crippen LogP contribution in [-0.4, -0.2) is 30.5 Å². The highest BCUT2D eigenvalue weighted by Gasteiger charge is 2.39. The van der Waals surface area contributed by atoms with E-state index in [0.29, 0.717) is 19.6 Å². The summed E-state index contributed by atoms with van der Waals surface area (Å²) >= 11 is 0. The van der Waals surface area contributed by atoms with E-state index in [0.717, 1.165) is 12.0 Å². The van der Waals surface area contributed by atoms with Crippen molar-refractivity contribution in [2.45, 2.75) is 31.7 Å². The van der Waals surface area contributed by atoms with Crippen molar-refractivity contribution < 1.29 is 16.0 Å². The molecule has 0 amide bonds. The number of aliphatic hydroxyl groups is 1. The van der Waals surface area contributed by atoms with Crippen LogP contribution in [0, 0.1) is 11.8 Å². The number of benzene rings is 3. The van der Waals surface area contributed by atoms with Crippen LogP contribution in [-0.2, 0) is 28.9 Å². The van der Waals surface area contributed by atoms with Crippen molar-refractivity contribution in [2.24, 2.45) is 11.8 Å².